The molecule has 0 atom stereocenters. The smallest absolute Gasteiger partial charge is 0.158 e. The number of nitrogens with one attached hydrogen (secondary N) is 1. The van der Waals surface area contributed by atoms with Gasteiger partial charge in [0.2, 0.25) is 0 Å². The van der Waals surface area contributed by atoms with E-state index in [-0.39, 0.29) is 0 Å². The average Bonchev–Trinajstić information content (AvgIpc) is 3.12. The summed E-state index contributed by atoms with van der Waals surface area (Å²) in [5.74, 6) is 1.47. The summed E-state index contributed by atoms with van der Waals surface area (Å²) in [6, 6.07) is 2.22. The minimum absolute atomic E-state index is 0.709. The van der Waals surface area contributed by atoms with Crippen LogP contribution in [0.1, 0.15) is 40.8 Å². The quantitative estimate of drug-likeness (QED) is 0.525. The van der Waals surface area contributed by atoms with Crippen LogP contribution < -0.4 is 5.43 Å². The van der Waals surface area contributed by atoms with Crippen molar-refractivity contribution < 1.29 is 0 Å². The van der Waals surface area contributed by atoms with E-state index < -0.39 is 0 Å². The molecule has 3 aromatic heterocycles. The van der Waals surface area contributed by atoms with Gasteiger partial charge in [-0.3, -0.25) is 5.43 Å². The van der Waals surface area contributed by atoms with Crippen LogP contribution >= 0.6 is 22.7 Å². The Labute approximate surface area is 154 Å². The minimum atomic E-state index is 0.709. The van der Waals surface area contributed by atoms with Crippen LogP contribution in [0.3, 0.4) is 0 Å². The largest absolute Gasteiger partial charge is 0.304 e. The number of anilines is 1. The maximum Gasteiger partial charge on any atom is 0.158 e. The molecule has 1 aliphatic carbocycles. The molecule has 1 aliphatic rings. The van der Waals surface area contributed by atoms with Gasteiger partial charge < -0.3 is 4.90 Å². The van der Waals surface area contributed by atoms with E-state index in [1.807, 2.05) is 14.1 Å². The van der Waals surface area contributed by atoms with Crippen molar-refractivity contribution in [2.45, 2.75) is 31.7 Å². The standard InChI is InChI=1S/C17H20N6S2/c1-23(2)8-12-9-24-15(21-12)7-20-22-16-13-6-14(11-4-3-5-11)25-17(13)19-10-18-16/h6-7,9-11H,3-5,8H2,1-2H3,(H,18,19,22)/b20-7+. The zero-order chi connectivity index (χ0) is 17.2. The highest BCUT2D eigenvalue weighted by Crippen LogP contribution is 2.42. The summed E-state index contributed by atoms with van der Waals surface area (Å²) in [6.07, 6.45) is 7.27. The van der Waals surface area contributed by atoms with Crippen molar-refractivity contribution in [1.29, 1.82) is 0 Å². The van der Waals surface area contributed by atoms with E-state index in [0.717, 1.165) is 33.3 Å². The van der Waals surface area contributed by atoms with Gasteiger partial charge in [-0.15, -0.1) is 22.7 Å². The third-order valence-electron chi connectivity index (χ3n) is 4.25. The number of nitrogens with zero attached hydrogens (tertiary/aromatic N) is 5. The van der Waals surface area contributed by atoms with Gasteiger partial charge in [0.15, 0.2) is 5.82 Å². The van der Waals surface area contributed by atoms with Gasteiger partial charge in [-0.2, -0.15) is 5.10 Å². The molecule has 0 amide bonds. The van der Waals surface area contributed by atoms with Crippen molar-refractivity contribution >= 4 is 44.9 Å². The van der Waals surface area contributed by atoms with Crippen molar-refractivity contribution in [2.24, 2.45) is 5.10 Å². The molecule has 8 heteroatoms. The maximum absolute atomic E-state index is 4.55. The van der Waals surface area contributed by atoms with Crippen LogP contribution in [-0.4, -0.2) is 40.2 Å². The van der Waals surface area contributed by atoms with E-state index in [9.17, 15) is 0 Å². The fraction of sp³-hybridized carbons (Fsp3) is 0.412. The second-order valence-corrected chi connectivity index (χ2v) is 8.45. The van der Waals surface area contributed by atoms with E-state index in [2.05, 4.69) is 41.8 Å². The number of rotatable bonds is 6. The summed E-state index contributed by atoms with van der Waals surface area (Å²) < 4.78 is 0. The second kappa shape index (κ2) is 7.15. The molecular formula is C17H20N6S2. The summed E-state index contributed by atoms with van der Waals surface area (Å²) in [5.41, 5.74) is 4.11. The Morgan fingerprint density at radius 3 is 3.00 bits per heavy atom. The van der Waals surface area contributed by atoms with Crippen LogP contribution in [0.15, 0.2) is 22.9 Å². The van der Waals surface area contributed by atoms with Gasteiger partial charge >= 0.3 is 0 Å². The number of thiophene rings is 1. The molecule has 25 heavy (non-hydrogen) atoms. The number of hydrazone groups is 1. The van der Waals surface area contributed by atoms with Gasteiger partial charge in [0.05, 0.1) is 17.3 Å². The van der Waals surface area contributed by atoms with E-state index >= 15 is 0 Å². The number of fused-ring (bicyclic) bond motifs is 1. The first-order chi connectivity index (χ1) is 12.2. The Balaban J connectivity index is 1.48. The predicted octanol–water partition coefficient (Wildman–Crippen LogP) is 3.92. The van der Waals surface area contributed by atoms with Crippen molar-refractivity contribution in [3.63, 3.8) is 0 Å². The Hall–Kier alpha value is -1.90. The normalized spacial score (nSPS) is 15.3. The van der Waals surface area contributed by atoms with Crippen molar-refractivity contribution in [3.05, 3.63) is 33.4 Å². The molecule has 0 spiro atoms. The van der Waals surface area contributed by atoms with Gasteiger partial charge in [-0.05, 0) is 38.9 Å². The summed E-state index contributed by atoms with van der Waals surface area (Å²) in [7, 11) is 4.07. The molecule has 130 valence electrons. The molecule has 3 heterocycles. The zero-order valence-corrected chi connectivity index (χ0v) is 15.9. The first-order valence-corrected chi connectivity index (χ1v) is 10.0. The lowest BCUT2D eigenvalue weighted by Crippen LogP contribution is -2.10. The van der Waals surface area contributed by atoms with E-state index in [0.29, 0.717) is 5.92 Å². The summed E-state index contributed by atoms with van der Waals surface area (Å²) in [5, 5.41) is 8.32. The molecule has 1 N–H and O–H groups in total. The summed E-state index contributed by atoms with van der Waals surface area (Å²) in [4.78, 5) is 17.8. The molecular weight excluding hydrogens is 352 g/mol. The van der Waals surface area contributed by atoms with Crippen LogP contribution in [-0.2, 0) is 6.54 Å². The van der Waals surface area contributed by atoms with Crippen molar-refractivity contribution in [3.8, 4) is 0 Å². The third-order valence-corrected chi connectivity index (χ3v) is 6.28. The van der Waals surface area contributed by atoms with E-state index in [4.69, 9.17) is 0 Å². The molecule has 0 radical (unpaired) electrons. The van der Waals surface area contributed by atoms with Gasteiger partial charge in [-0.25, -0.2) is 15.0 Å². The number of thiazole rings is 1. The lowest BCUT2D eigenvalue weighted by molar-refractivity contribution is 0.398. The fourth-order valence-electron chi connectivity index (χ4n) is 2.78. The minimum Gasteiger partial charge on any atom is -0.304 e. The Morgan fingerprint density at radius 2 is 2.24 bits per heavy atom. The Morgan fingerprint density at radius 1 is 1.36 bits per heavy atom. The molecule has 0 aliphatic heterocycles. The molecule has 1 fully saturated rings. The van der Waals surface area contributed by atoms with Gasteiger partial charge in [0.1, 0.15) is 16.2 Å². The second-order valence-electron chi connectivity index (χ2n) is 6.50. The predicted molar refractivity (Wildman–Crippen MR) is 105 cm³/mol. The van der Waals surface area contributed by atoms with Crippen LogP contribution in [0.4, 0.5) is 5.82 Å². The average molecular weight is 373 g/mol. The lowest BCUT2D eigenvalue weighted by Gasteiger charge is -2.23. The molecule has 1 saturated carbocycles. The highest BCUT2D eigenvalue weighted by atomic mass is 32.1. The van der Waals surface area contributed by atoms with Gasteiger partial charge in [0, 0.05) is 16.8 Å². The Kier molecular flexibility index (Phi) is 4.74. The fourth-order valence-corrected chi connectivity index (χ4v) is 4.62. The first-order valence-electron chi connectivity index (χ1n) is 8.31. The topological polar surface area (TPSA) is 66.3 Å². The molecule has 6 nitrogen and oxygen atoms in total. The highest BCUT2D eigenvalue weighted by molar-refractivity contribution is 7.18. The monoisotopic (exact) mass is 372 g/mol. The van der Waals surface area contributed by atoms with Gasteiger partial charge in [-0.1, -0.05) is 6.42 Å². The number of hydrogen-bond acceptors (Lipinski definition) is 8. The lowest BCUT2D eigenvalue weighted by atomic mass is 9.84. The summed E-state index contributed by atoms with van der Waals surface area (Å²) >= 11 is 3.37. The van der Waals surface area contributed by atoms with Crippen molar-refractivity contribution in [1.82, 2.24) is 19.9 Å². The van der Waals surface area contributed by atoms with E-state index in [1.54, 1.807) is 35.2 Å². The van der Waals surface area contributed by atoms with Gasteiger partial charge in [0.25, 0.3) is 0 Å². The number of hydrogen-bond donors (Lipinski definition) is 1. The molecule has 0 bridgehead atoms. The van der Waals surface area contributed by atoms with Crippen LogP contribution in [0.25, 0.3) is 10.2 Å². The SMILES string of the molecule is CN(C)Cc1csc(/C=N/Nc2ncnc3sc(C4CCC4)cc23)n1. The molecule has 3 aromatic rings. The molecule has 0 saturated heterocycles. The zero-order valence-electron chi connectivity index (χ0n) is 14.3. The third kappa shape index (κ3) is 3.70. The van der Waals surface area contributed by atoms with Crippen molar-refractivity contribution in [2.75, 3.05) is 19.5 Å². The van der Waals surface area contributed by atoms with Crippen LogP contribution in [0.5, 0.6) is 0 Å². The molecule has 0 aromatic carbocycles. The van der Waals surface area contributed by atoms with E-state index in [1.165, 1.54) is 24.1 Å². The Bertz CT molecular complexity index is 894. The summed E-state index contributed by atoms with van der Waals surface area (Å²) in [6.45, 7) is 0.836. The molecule has 0 unspecified atom stereocenters. The first kappa shape index (κ1) is 16.6. The maximum atomic E-state index is 4.55. The van der Waals surface area contributed by atoms with Crippen LogP contribution in [0.2, 0.25) is 0 Å². The molecule has 4 rings (SSSR count). The highest BCUT2D eigenvalue weighted by Gasteiger charge is 2.22. The number of aromatic nitrogens is 3. The van der Waals surface area contributed by atoms with Crippen LogP contribution in [0, 0.1) is 0 Å².